The second-order valence-electron chi connectivity index (χ2n) is 7.20. The van der Waals surface area contributed by atoms with Gasteiger partial charge in [0, 0.05) is 35.8 Å². The highest BCUT2D eigenvalue weighted by atomic mass is 35.5. The summed E-state index contributed by atoms with van der Waals surface area (Å²) in [6.45, 7) is 0.247. The van der Waals surface area contributed by atoms with Crippen molar-refractivity contribution in [2.45, 2.75) is 18.0 Å². The smallest absolute Gasteiger partial charge is 0.250 e. The van der Waals surface area contributed by atoms with Crippen LogP contribution in [0.5, 0.6) is 0 Å². The van der Waals surface area contributed by atoms with Crippen molar-refractivity contribution < 1.29 is 23.9 Å². The maximum Gasteiger partial charge on any atom is 0.250 e. The number of primary amides is 1. The first-order valence-corrected chi connectivity index (χ1v) is 9.20. The fourth-order valence-electron chi connectivity index (χ4n) is 4.63. The van der Waals surface area contributed by atoms with E-state index >= 15 is 0 Å². The number of ether oxygens (including phenoxy) is 1. The van der Waals surface area contributed by atoms with Gasteiger partial charge >= 0.3 is 0 Å². The standard InChI is InChI=1S/C18H19ClN4O5/c1-28-5-4-23-15(25)13-11(7-12(20)24)22-18(14(13)16(23)26)9-6-8(19)2-3-10(9)21-17(18)27/h2-3,6,11,13-14,22H,4-5,7H2,1H3,(H2,20,24)(H,21,27). The number of rotatable bonds is 5. The number of anilines is 1. The van der Waals surface area contributed by atoms with E-state index in [0.717, 1.165) is 4.90 Å². The minimum Gasteiger partial charge on any atom is -0.383 e. The van der Waals surface area contributed by atoms with Crippen LogP contribution in [-0.2, 0) is 29.5 Å². The molecule has 1 aromatic rings. The van der Waals surface area contributed by atoms with Gasteiger partial charge in [-0.15, -0.1) is 0 Å². The van der Waals surface area contributed by atoms with Gasteiger partial charge in [0.1, 0.15) is 5.54 Å². The van der Waals surface area contributed by atoms with E-state index in [1.807, 2.05) is 0 Å². The highest BCUT2D eigenvalue weighted by Gasteiger charge is 2.70. The number of nitrogens with one attached hydrogen (secondary N) is 2. The maximum absolute atomic E-state index is 13.2. The predicted molar refractivity (Wildman–Crippen MR) is 98.1 cm³/mol. The lowest BCUT2D eigenvalue weighted by atomic mass is 9.76. The average Bonchev–Trinajstić information content (AvgIpc) is 3.19. The van der Waals surface area contributed by atoms with Gasteiger partial charge in [0.2, 0.25) is 23.6 Å². The summed E-state index contributed by atoms with van der Waals surface area (Å²) in [5.74, 6) is -3.89. The van der Waals surface area contributed by atoms with Crippen molar-refractivity contribution in [2.75, 3.05) is 25.6 Å². The van der Waals surface area contributed by atoms with E-state index in [-0.39, 0.29) is 19.6 Å². The van der Waals surface area contributed by atoms with E-state index in [2.05, 4.69) is 10.6 Å². The molecule has 3 aliphatic rings. The second kappa shape index (κ2) is 6.54. The Morgan fingerprint density at radius 3 is 2.75 bits per heavy atom. The number of halogens is 1. The Morgan fingerprint density at radius 1 is 1.32 bits per heavy atom. The lowest BCUT2D eigenvalue weighted by Crippen LogP contribution is -2.53. The van der Waals surface area contributed by atoms with Crippen LogP contribution in [0.25, 0.3) is 0 Å². The zero-order valence-electron chi connectivity index (χ0n) is 15.0. The third-order valence-corrected chi connectivity index (χ3v) is 5.94. The second-order valence-corrected chi connectivity index (χ2v) is 7.63. The Bertz CT molecular complexity index is 906. The zero-order chi connectivity index (χ0) is 20.2. The van der Waals surface area contributed by atoms with Crippen molar-refractivity contribution in [1.29, 1.82) is 0 Å². The third kappa shape index (κ3) is 2.47. The zero-order valence-corrected chi connectivity index (χ0v) is 15.8. The molecule has 3 heterocycles. The number of nitrogens with two attached hydrogens (primary N) is 1. The first-order valence-electron chi connectivity index (χ1n) is 8.83. The first kappa shape index (κ1) is 18.9. The van der Waals surface area contributed by atoms with E-state index in [4.69, 9.17) is 22.1 Å². The largest absolute Gasteiger partial charge is 0.383 e. The first-order chi connectivity index (χ1) is 13.3. The van der Waals surface area contributed by atoms with Crippen LogP contribution in [0.15, 0.2) is 18.2 Å². The summed E-state index contributed by atoms with van der Waals surface area (Å²) in [5, 5.41) is 6.24. The monoisotopic (exact) mass is 406 g/mol. The lowest BCUT2D eigenvalue weighted by Gasteiger charge is -2.29. The molecule has 2 fully saturated rings. The van der Waals surface area contributed by atoms with Gasteiger partial charge in [-0.05, 0) is 18.2 Å². The molecule has 148 valence electrons. The molecule has 4 atom stereocenters. The number of imide groups is 1. The predicted octanol–water partition coefficient (Wildman–Crippen LogP) is -0.418. The number of hydrogen-bond donors (Lipinski definition) is 3. The van der Waals surface area contributed by atoms with E-state index in [0.29, 0.717) is 16.3 Å². The summed E-state index contributed by atoms with van der Waals surface area (Å²) in [6.07, 6.45) is -0.177. The lowest BCUT2D eigenvalue weighted by molar-refractivity contribution is -0.143. The number of amides is 4. The molecule has 28 heavy (non-hydrogen) atoms. The molecule has 3 aliphatic heterocycles. The molecule has 0 bridgehead atoms. The number of methoxy groups -OCH3 is 1. The number of likely N-dealkylation sites (tertiary alicyclic amines) is 1. The molecule has 9 nitrogen and oxygen atoms in total. The van der Waals surface area contributed by atoms with Crippen molar-refractivity contribution in [1.82, 2.24) is 10.2 Å². The fourth-order valence-corrected chi connectivity index (χ4v) is 4.80. The van der Waals surface area contributed by atoms with Crippen LogP contribution in [0.4, 0.5) is 5.69 Å². The van der Waals surface area contributed by atoms with Crippen LogP contribution in [0.2, 0.25) is 5.02 Å². The Labute approximate surface area is 165 Å². The summed E-state index contributed by atoms with van der Waals surface area (Å²) in [6, 6.07) is 4.12. The molecule has 4 rings (SSSR count). The van der Waals surface area contributed by atoms with Crippen LogP contribution in [0.1, 0.15) is 12.0 Å². The number of fused-ring (bicyclic) bond motifs is 4. The summed E-state index contributed by atoms with van der Waals surface area (Å²) in [5.41, 5.74) is 4.87. The molecule has 4 unspecified atom stereocenters. The Balaban J connectivity index is 1.85. The molecular weight excluding hydrogens is 388 g/mol. The van der Waals surface area contributed by atoms with E-state index in [1.165, 1.54) is 7.11 Å². The molecule has 0 aliphatic carbocycles. The van der Waals surface area contributed by atoms with Crippen molar-refractivity contribution in [2.24, 2.45) is 17.6 Å². The molecule has 10 heteroatoms. The van der Waals surface area contributed by atoms with Crippen LogP contribution >= 0.6 is 11.6 Å². The number of carbonyl (C=O) groups excluding carboxylic acids is 4. The normalized spacial score (nSPS) is 30.7. The Morgan fingerprint density at radius 2 is 2.07 bits per heavy atom. The highest BCUT2D eigenvalue weighted by molar-refractivity contribution is 6.31. The van der Waals surface area contributed by atoms with Gasteiger partial charge in [-0.25, -0.2) is 0 Å². The molecule has 0 radical (unpaired) electrons. The van der Waals surface area contributed by atoms with Gasteiger partial charge in [0.25, 0.3) is 0 Å². The van der Waals surface area contributed by atoms with Gasteiger partial charge in [-0.3, -0.25) is 29.4 Å². The highest BCUT2D eigenvalue weighted by Crippen LogP contribution is 2.53. The summed E-state index contributed by atoms with van der Waals surface area (Å²) in [7, 11) is 1.47. The number of carbonyl (C=O) groups is 4. The number of nitrogens with zero attached hydrogens (tertiary/aromatic N) is 1. The van der Waals surface area contributed by atoms with Gasteiger partial charge in [0.15, 0.2) is 0 Å². The van der Waals surface area contributed by atoms with Crippen LogP contribution in [-0.4, -0.2) is 54.8 Å². The van der Waals surface area contributed by atoms with Crippen LogP contribution in [0.3, 0.4) is 0 Å². The van der Waals surface area contributed by atoms with Crippen molar-refractivity contribution >= 4 is 40.9 Å². The maximum atomic E-state index is 13.2. The molecule has 1 spiro atoms. The molecular formula is C18H19ClN4O5. The van der Waals surface area contributed by atoms with Crippen LogP contribution < -0.4 is 16.4 Å². The average molecular weight is 407 g/mol. The molecule has 4 amide bonds. The van der Waals surface area contributed by atoms with Crippen LogP contribution in [0, 0.1) is 11.8 Å². The number of benzene rings is 1. The van der Waals surface area contributed by atoms with Gasteiger partial charge in [-0.2, -0.15) is 0 Å². The number of hydrogen-bond acceptors (Lipinski definition) is 6. The minimum absolute atomic E-state index is 0.0740. The van der Waals surface area contributed by atoms with Gasteiger partial charge in [-0.1, -0.05) is 11.6 Å². The molecule has 0 aromatic heterocycles. The minimum atomic E-state index is -1.49. The summed E-state index contributed by atoms with van der Waals surface area (Å²) < 4.78 is 4.99. The van der Waals surface area contributed by atoms with E-state index in [9.17, 15) is 19.2 Å². The molecule has 1 aromatic carbocycles. The van der Waals surface area contributed by atoms with Gasteiger partial charge < -0.3 is 15.8 Å². The van der Waals surface area contributed by atoms with Crippen molar-refractivity contribution in [3.63, 3.8) is 0 Å². The third-order valence-electron chi connectivity index (χ3n) is 5.71. The molecule has 4 N–H and O–H groups in total. The topological polar surface area (TPSA) is 131 Å². The van der Waals surface area contributed by atoms with E-state index in [1.54, 1.807) is 18.2 Å². The van der Waals surface area contributed by atoms with Gasteiger partial charge in [0.05, 0.1) is 25.0 Å². The SMILES string of the molecule is COCCN1C(=O)C2C(CC(N)=O)NC3(C(=O)Nc4ccc(Cl)cc43)C2C1=O. The molecule has 0 saturated carbocycles. The quantitative estimate of drug-likeness (QED) is 0.569. The van der Waals surface area contributed by atoms with Crippen molar-refractivity contribution in [3.05, 3.63) is 28.8 Å². The van der Waals surface area contributed by atoms with Crippen molar-refractivity contribution in [3.8, 4) is 0 Å². The fraction of sp³-hybridized carbons (Fsp3) is 0.444. The molecule has 2 saturated heterocycles. The Kier molecular flexibility index (Phi) is 4.40. The van der Waals surface area contributed by atoms with E-state index < -0.39 is 47.0 Å². The summed E-state index contributed by atoms with van der Waals surface area (Å²) >= 11 is 6.14. The Hall–Kier alpha value is -2.49. The summed E-state index contributed by atoms with van der Waals surface area (Å²) in [4.78, 5) is 52.0.